The zero-order valence-electron chi connectivity index (χ0n) is 12.6. The molecule has 0 saturated carbocycles. The first-order valence-corrected chi connectivity index (χ1v) is 6.85. The number of carbonyl (C=O) groups excluding carboxylic acids is 1. The summed E-state index contributed by atoms with van der Waals surface area (Å²) >= 11 is 0. The largest absolute Gasteiger partial charge is 0.497 e. The number of carbonyl (C=O) groups is 2. The topological polar surface area (TPSA) is 78.9 Å². The molecule has 0 bridgehead atoms. The first-order chi connectivity index (χ1) is 9.97. The van der Waals surface area contributed by atoms with E-state index in [2.05, 4.69) is 5.32 Å². The molecule has 1 rings (SSSR count). The van der Waals surface area contributed by atoms with Crippen LogP contribution in [-0.2, 0) is 4.79 Å². The monoisotopic (exact) mass is 294 g/mol. The predicted octanol–water partition coefficient (Wildman–Crippen LogP) is 2.34. The molecule has 0 spiro atoms. The van der Waals surface area contributed by atoms with Crippen molar-refractivity contribution in [2.45, 2.75) is 19.8 Å². The number of anilines is 1. The minimum atomic E-state index is -0.850. The van der Waals surface area contributed by atoms with E-state index in [1.54, 1.807) is 38.4 Å². The van der Waals surface area contributed by atoms with Gasteiger partial charge in [0.15, 0.2) is 0 Å². The zero-order valence-corrected chi connectivity index (χ0v) is 12.6. The third-order valence-corrected chi connectivity index (χ3v) is 3.33. The Morgan fingerprint density at radius 1 is 1.43 bits per heavy atom. The molecule has 1 atom stereocenters. The van der Waals surface area contributed by atoms with Crippen molar-refractivity contribution in [2.24, 2.45) is 5.92 Å². The SMILES string of the molecule is CCC(CNC(=O)N(C)c1cccc(OC)c1)CC(=O)O. The molecule has 0 heterocycles. The van der Waals surface area contributed by atoms with Crippen molar-refractivity contribution in [3.63, 3.8) is 0 Å². The molecule has 0 aliphatic heterocycles. The Bertz CT molecular complexity index is 490. The van der Waals surface area contributed by atoms with Crippen molar-refractivity contribution in [3.05, 3.63) is 24.3 Å². The Balaban J connectivity index is 2.59. The van der Waals surface area contributed by atoms with Crippen LogP contribution in [-0.4, -0.2) is 37.8 Å². The molecule has 1 aromatic rings. The highest BCUT2D eigenvalue weighted by Crippen LogP contribution is 2.19. The van der Waals surface area contributed by atoms with Crippen molar-refractivity contribution in [1.82, 2.24) is 5.32 Å². The molecule has 0 aliphatic rings. The molecule has 0 fully saturated rings. The highest BCUT2D eigenvalue weighted by Gasteiger charge is 2.15. The third-order valence-electron chi connectivity index (χ3n) is 3.33. The minimum absolute atomic E-state index is 0.0552. The number of rotatable bonds is 7. The van der Waals surface area contributed by atoms with Crippen molar-refractivity contribution < 1.29 is 19.4 Å². The van der Waals surface area contributed by atoms with Crippen LogP contribution in [0.3, 0.4) is 0 Å². The number of carboxylic acids is 1. The number of hydrogen-bond acceptors (Lipinski definition) is 3. The average Bonchev–Trinajstić information content (AvgIpc) is 2.49. The Morgan fingerprint density at radius 3 is 2.71 bits per heavy atom. The first-order valence-electron chi connectivity index (χ1n) is 6.85. The van der Waals surface area contributed by atoms with Gasteiger partial charge in [-0.1, -0.05) is 19.4 Å². The normalized spacial score (nSPS) is 11.6. The van der Waals surface area contributed by atoms with E-state index in [1.807, 2.05) is 6.92 Å². The summed E-state index contributed by atoms with van der Waals surface area (Å²) in [5.41, 5.74) is 0.707. The van der Waals surface area contributed by atoms with Crippen molar-refractivity contribution in [3.8, 4) is 5.75 Å². The van der Waals surface area contributed by atoms with E-state index >= 15 is 0 Å². The smallest absolute Gasteiger partial charge is 0.321 e. The molecule has 2 N–H and O–H groups in total. The molecule has 0 aliphatic carbocycles. The van der Waals surface area contributed by atoms with Gasteiger partial charge in [-0.3, -0.25) is 9.69 Å². The van der Waals surface area contributed by atoms with E-state index in [0.717, 1.165) is 0 Å². The second kappa shape index (κ2) is 8.14. The number of urea groups is 1. The molecule has 116 valence electrons. The van der Waals surface area contributed by atoms with Gasteiger partial charge >= 0.3 is 12.0 Å². The fourth-order valence-corrected chi connectivity index (χ4v) is 1.89. The predicted molar refractivity (Wildman–Crippen MR) is 80.8 cm³/mol. The van der Waals surface area contributed by atoms with E-state index in [1.165, 1.54) is 4.90 Å². The highest BCUT2D eigenvalue weighted by atomic mass is 16.5. The zero-order chi connectivity index (χ0) is 15.8. The summed E-state index contributed by atoms with van der Waals surface area (Å²) in [6, 6.07) is 6.89. The molecule has 6 nitrogen and oxygen atoms in total. The van der Waals surface area contributed by atoms with Crippen LogP contribution >= 0.6 is 0 Å². The fraction of sp³-hybridized carbons (Fsp3) is 0.467. The standard InChI is InChI=1S/C15H22N2O4/c1-4-11(8-14(18)19)10-16-15(20)17(2)12-6-5-7-13(9-12)21-3/h5-7,9,11H,4,8,10H2,1-3H3,(H,16,20)(H,18,19). The average molecular weight is 294 g/mol. The summed E-state index contributed by atoms with van der Waals surface area (Å²) in [7, 11) is 3.22. The van der Waals surface area contributed by atoms with E-state index in [9.17, 15) is 9.59 Å². The molecule has 6 heteroatoms. The number of nitrogens with zero attached hydrogens (tertiary/aromatic N) is 1. The van der Waals surface area contributed by atoms with Crippen LogP contribution in [0, 0.1) is 5.92 Å². The molecule has 2 amide bonds. The summed E-state index contributed by atoms with van der Waals surface area (Å²) in [4.78, 5) is 24.2. The van der Waals surface area contributed by atoms with Gasteiger partial charge in [0, 0.05) is 31.8 Å². The third kappa shape index (κ3) is 5.33. The molecule has 0 aromatic heterocycles. The van der Waals surface area contributed by atoms with Gasteiger partial charge in [-0.2, -0.15) is 0 Å². The first kappa shape index (κ1) is 16.8. The van der Waals surface area contributed by atoms with Crippen LogP contribution < -0.4 is 15.0 Å². The second-order valence-electron chi connectivity index (χ2n) is 4.82. The number of hydrogen-bond donors (Lipinski definition) is 2. The van der Waals surface area contributed by atoms with E-state index in [-0.39, 0.29) is 18.4 Å². The fourth-order valence-electron chi connectivity index (χ4n) is 1.89. The minimum Gasteiger partial charge on any atom is -0.497 e. The van der Waals surface area contributed by atoms with Crippen LogP contribution in [0.4, 0.5) is 10.5 Å². The number of ether oxygens (including phenoxy) is 1. The number of aliphatic carboxylic acids is 1. The molecular formula is C15H22N2O4. The Kier molecular flexibility index (Phi) is 6.52. The lowest BCUT2D eigenvalue weighted by Crippen LogP contribution is -2.40. The number of amides is 2. The molecule has 0 saturated heterocycles. The summed E-state index contributed by atoms with van der Waals surface area (Å²) in [6.07, 6.45) is 0.759. The summed E-state index contributed by atoms with van der Waals surface area (Å²) in [5.74, 6) is -0.244. The van der Waals surface area contributed by atoms with Crippen molar-refractivity contribution in [2.75, 3.05) is 25.6 Å². The Hall–Kier alpha value is -2.24. The summed E-state index contributed by atoms with van der Waals surface area (Å²) < 4.78 is 5.12. The van der Waals surface area contributed by atoms with Crippen LogP contribution in [0.25, 0.3) is 0 Å². The Labute approximate surface area is 124 Å². The molecule has 21 heavy (non-hydrogen) atoms. The van der Waals surface area contributed by atoms with Gasteiger partial charge in [0.25, 0.3) is 0 Å². The maximum Gasteiger partial charge on any atom is 0.321 e. The van der Waals surface area contributed by atoms with E-state index < -0.39 is 5.97 Å². The molecular weight excluding hydrogens is 272 g/mol. The number of methoxy groups -OCH3 is 1. The lowest BCUT2D eigenvalue weighted by atomic mass is 10.0. The lowest BCUT2D eigenvalue weighted by molar-refractivity contribution is -0.138. The van der Waals surface area contributed by atoms with Gasteiger partial charge in [-0.15, -0.1) is 0 Å². The van der Waals surface area contributed by atoms with E-state index in [0.29, 0.717) is 24.4 Å². The summed E-state index contributed by atoms with van der Waals surface area (Å²) in [5, 5.41) is 11.5. The lowest BCUT2D eigenvalue weighted by Gasteiger charge is -2.20. The number of carboxylic acid groups (broad SMARTS) is 1. The molecule has 1 unspecified atom stereocenters. The van der Waals surface area contributed by atoms with Gasteiger partial charge in [-0.05, 0) is 18.1 Å². The Morgan fingerprint density at radius 2 is 2.14 bits per heavy atom. The van der Waals surface area contributed by atoms with E-state index in [4.69, 9.17) is 9.84 Å². The van der Waals surface area contributed by atoms with Gasteiger partial charge in [-0.25, -0.2) is 4.79 Å². The maximum absolute atomic E-state index is 12.1. The van der Waals surface area contributed by atoms with Crippen molar-refractivity contribution >= 4 is 17.7 Å². The maximum atomic E-state index is 12.1. The summed E-state index contributed by atoms with van der Waals surface area (Å²) in [6.45, 7) is 2.25. The van der Waals surface area contributed by atoms with Gasteiger partial charge < -0.3 is 15.2 Å². The molecule has 0 radical (unpaired) electrons. The number of nitrogens with one attached hydrogen (secondary N) is 1. The quantitative estimate of drug-likeness (QED) is 0.809. The van der Waals surface area contributed by atoms with Gasteiger partial charge in [0.2, 0.25) is 0 Å². The van der Waals surface area contributed by atoms with Crippen LogP contribution in [0.2, 0.25) is 0 Å². The van der Waals surface area contributed by atoms with Crippen molar-refractivity contribution in [1.29, 1.82) is 0 Å². The van der Waals surface area contributed by atoms with Gasteiger partial charge in [0.1, 0.15) is 5.75 Å². The van der Waals surface area contributed by atoms with Crippen LogP contribution in [0.5, 0.6) is 5.75 Å². The number of benzene rings is 1. The van der Waals surface area contributed by atoms with Crippen LogP contribution in [0.1, 0.15) is 19.8 Å². The second-order valence-corrected chi connectivity index (χ2v) is 4.82. The highest BCUT2D eigenvalue weighted by molar-refractivity contribution is 5.91. The van der Waals surface area contributed by atoms with Gasteiger partial charge in [0.05, 0.1) is 7.11 Å². The van der Waals surface area contributed by atoms with Crippen LogP contribution in [0.15, 0.2) is 24.3 Å². The molecule has 1 aromatic carbocycles.